The van der Waals surface area contributed by atoms with Crippen LogP contribution in [0.2, 0.25) is 0 Å². The van der Waals surface area contributed by atoms with Gasteiger partial charge in [-0.2, -0.15) is 0 Å². The van der Waals surface area contributed by atoms with E-state index in [4.69, 9.17) is 0 Å². The molecular formula is C17H36N2. The lowest BCUT2D eigenvalue weighted by molar-refractivity contribution is -0.0404. The zero-order valence-electron chi connectivity index (χ0n) is 14.1. The van der Waals surface area contributed by atoms with Gasteiger partial charge in [0.15, 0.2) is 0 Å². The minimum absolute atomic E-state index is 0.677. The van der Waals surface area contributed by atoms with E-state index in [0.29, 0.717) is 6.04 Å². The van der Waals surface area contributed by atoms with Crippen LogP contribution in [0.4, 0.5) is 0 Å². The molecule has 0 aromatic rings. The number of hydrazine groups is 1. The second-order valence-electron chi connectivity index (χ2n) is 6.81. The Morgan fingerprint density at radius 1 is 1.11 bits per heavy atom. The molecule has 19 heavy (non-hydrogen) atoms. The first kappa shape index (κ1) is 17.0. The molecule has 0 bridgehead atoms. The third-order valence-corrected chi connectivity index (χ3v) is 5.16. The summed E-state index contributed by atoms with van der Waals surface area (Å²) >= 11 is 0. The summed E-state index contributed by atoms with van der Waals surface area (Å²) in [5.74, 6) is 2.65. The maximum absolute atomic E-state index is 3.55. The molecule has 1 fully saturated rings. The minimum atomic E-state index is 0.677. The van der Waals surface area contributed by atoms with Crippen LogP contribution in [0.5, 0.6) is 0 Å². The third kappa shape index (κ3) is 4.75. The van der Waals surface area contributed by atoms with Crippen molar-refractivity contribution in [1.29, 1.82) is 0 Å². The molecule has 1 heterocycles. The van der Waals surface area contributed by atoms with Crippen LogP contribution < -0.4 is 5.43 Å². The SMILES string of the molecule is CCCN1NC(C)C1CC(CC)C(C)CC(C)CC. The molecule has 0 saturated carbocycles. The number of hydrogen-bond acceptors (Lipinski definition) is 2. The number of hydrogen-bond donors (Lipinski definition) is 1. The molecule has 5 unspecified atom stereocenters. The van der Waals surface area contributed by atoms with E-state index in [1.165, 1.54) is 38.6 Å². The Hall–Kier alpha value is -0.0800. The number of nitrogens with zero attached hydrogens (tertiary/aromatic N) is 1. The van der Waals surface area contributed by atoms with Crippen molar-refractivity contribution in [2.45, 2.75) is 85.7 Å². The van der Waals surface area contributed by atoms with Crippen molar-refractivity contribution in [2.24, 2.45) is 17.8 Å². The second-order valence-corrected chi connectivity index (χ2v) is 6.81. The van der Waals surface area contributed by atoms with Gasteiger partial charge in [0.1, 0.15) is 0 Å². The van der Waals surface area contributed by atoms with Gasteiger partial charge in [0.2, 0.25) is 0 Å². The molecule has 114 valence electrons. The summed E-state index contributed by atoms with van der Waals surface area (Å²) in [6, 6.07) is 1.45. The van der Waals surface area contributed by atoms with Crippen molar-refractivity contribution in [1.82, 2.24) is 10.4 Å². The van der Waals surface area contributed by atoms with E-state index >= 15 is 0 Å². The molecule has 0 aliphatic carbocycles. The molecule has 0 radical (unpaired) electrons. The smallest absolute Gasteiger partial charge is 0.0410 e. The van der Waals surface area contributed by atoms with Crippen LogP contribution >= 0.6 is 0 Å². The highest BCUT2D eigenvalue weighted by Gasteiger charge is 2.36. The largest absolute Gasteiger partial charge is 0.250 e. The highest BCUT2D eigenvalue weighted by Crippen LogP contribution is 2.31. The van der Waals surface area contributed by atoms with E-state index in [2.05, 4.69) is 52.0 Å². The molecule has 0 aromatic carbocycles. The van der Waals surface area contributed by atoms with Gasteiger partial charge in [-0.3, -0.25) is 5.43 Å². The molecule has 1 rings (SSSR count). The predicted molar refractivity (Wildman–Crippen MR) is 85.0 cm³/mol. The molecule has 0 aromatic heterocycles. The third-order valence-electron chi connectivity index (χ3n) is 5.16. The van der Waals surface area contributed by atoms with Gasteiger partial charge in [-0.15, -0.1) is 0 Å². The zero-order valence-corrected chi connectivity index (χ0v) is 14.1. The van der Waals surface area contributed by atoms with Gasteiger partial charge in [0, 0.05) is 18.6 Å². The van der Waals surface area contributed by atoms with Crippen LogP contribution in [-0.2, 0) is 0 Å². The van der Waals surface area contributed by atoms with E-state index in [0.717, 1.165) is 23.8 Å². The Morgan fingerprint density at radius 2 is 1.79 bits per heavy atom. The molecule has 2 heteroatoms. The summed E-state index contributed by atoms with van der Waals surface area (Å²) in [7, 11) is 0. The van der Waals surface area contributed by atoms with Crippen molar-refractivity contribution in [2.75, 3.05) is 6.54 Å². The highest BCUT2D eigenvalue weighted by molar-refractivity contribution is 4.90. The fraction of sp³-hybridized carbons (Fsp3) is 1.00. The van der Waals surface area contributed by atoms with Crippen molar-refractivity contribution in [3.63, 3.8) is 0 Å². The highest BCUT2D eigenvalue weighted by atomic mass is 15.6. The van der Waals surface area contributed by atoms with Gasteiger partial charge in [-0.1, -0.05) is 47.5 Å². The molecule has 1 saturated heterocycles. The summed E-state index contributed by atoms with van der Waals surface area (Å²) in [4.78, 5) is 0. The lowest BCUT2D eigenvalue weighted by atomic mass is 9.79. The van der Waals surface area contributed by atoms with E-state index in [1.54, 1.807) is 0 Å². The summed E-state index contributed by atoms with van der Waals surface area (Å²) in [5.41, 5.74) is 3.55. The quantitative estimate of drug-likeness (QED) is 0.664. The normalized spacial score (nSPS) is 28.7. The molecule has 0 spiro atoms. The lowest BCUT2D eigenvalue weighted by Gasteiger charge is -2.49. The van der Waals surface area contributed by atoms with Crippen molar-refractivity contribution >= 4 is 0 Å². The molecule has 1 N–H and O–H groups in total. The summed E-state index contributed by atoms with van der Waals surface area (Å²) in [5, 5.41) is 2.48. The number of rotatable bonds is 9. The van der Waals surface area contributed by atoms with Gasteiger partial charge in [0.25, 0.3) is 0 Å². The summed E-state index contributed by atoms with van der Waals surface area (Å²) < 4.78 is 0. The van der Waals surface area contributed by atoms with Crippen LogP contribution in [0.1, 0.15) is 73.6 Å². The zero-order chi connectivity index (χ0) is 14.4. The van der Waals surface area contributed by atoms with Crippen LogP contribution in [0, 0.1) is 17.8 Å². The fourth-order valence-corrected chi connectivity index (χ4v) is 3.54. The standard InChI is InChI=1S/C17H36N2/c1-7-10-19-17(15(6)18-19)12-16(9-3)14(5)11-13(4)8-2/h13-18H,7-12H2,1-6H3. The molecule has 2 nitrogen and oxygen atoms in total. The molecule has 1 aliphatic rings. The predicted octanol–water partition coefficient (Wildman–Crippen LogP) is 4.46. The van der Waals surface area contributed by atoms with Crippen molar-refractivity contribution in [3.05, 3.63) is 0 Å². The Balaban J connectivity index is 2.46. The average molecular weight is 268 g/mol. The van der Waals surface area contributed by atoms with Crippen LogP contribution in [-0.4, -0.2) is 23.6 Å². The van der Waals surface area contributed by atoms with Crippen molar-refractivity contribution < 1.29 is 0 Å². The first-order valence-electron chi connectivity index (χ1n) is 8.56. The maximum Gasteiger partial charge on any atom is 0.0410 e. The molecular weight excluding hydrogens is 232 g/mol. The maximum atomic E-state index is 3.55. The average Bonchev–Trinajstić information content (AvgIpc) is 2.38. The summed E-state index contributed by atoms with van der Waals surface area (Å²) in [6.45, 7) is 15.4. The van der Waals surface area contributed by atoms with E-state index < -0.39 is 0 Å². The Labute approximate surface area is 121 Å². The molecule has 0 amide bonds. The Morgan fingerprint density at radius 3 is 2.26 bits per heavy atom. The van der Waals surface area contributed by atoms with Gasteiger partial charge in [0.05, 0.1) is 0 Å². The van der Waals surface area contributed by atoms with Crippen molar-refractivity contribution in [3.8, 4) is 0 Å². The topological polar surface area (TPSA) is 15.3 Å². The van der Waals surface area contributed by atoms with Crippen LogP contribution in [0.15, 0.2) is 0 Å². The molecule has 1 aliphatic heterocycles. The minimum Gasteiger partial charge on any atom is -0.250 e. The first-order chi connectivity index (χ1) is 9.03. The summed E-state index contributed by atoms with van der Waals surface area (Å²) in [6.07, 6.45) is 6.68. The second kappa shape index (κ2) is 8.26. The monoisotopic (exact) mass is 268 g/mol. The lowest BCUT2D eigenvalue weighted by Crippen LogP contribution is -2.68. The Bertz CT molecular complexity index is 239. The first-order valence-corrected chi connectivity index (χ1v) is 8.56. The van der Waals surface area contributed by atoms with Gasteiger partial charge in [-0.25, -0.2) is 5.01 Å². The van der Waals surface area contributed by atoms with Gasteiger partial charge < -0.3 is 0 Å². The van der Waals surface area contributed by atoms with Crippen LogP contribution in [0.25, 0.3) is 0 Å². The Kier molecular flexibility index (Phi) is 7.38. The molecule has 5 atom stereocenters. The van der Waals surface area contributed by atoms with Crippen LogP contribution in [0.3, 0.4) is 0 Å². The van der Waals surface area contributed by atoms with E-state index in [-0.39, 0.29) is 0 Å². The van der Waals surface area contributed by atoms with Gasteiger partial charge >= 0.3 is 0 Å². The fourth-order valence-electron chi connectivity index (χ4n) is 3.54. The van der Waals surface area contributed by atoms with E-state index in [1.807, 2.05) is 0 Å². The van der Waals surface area contributed by atoms with Gasteiger partial charge in [-0.05, 0) is 43.9 Å². The van der Waals surface area contributed by atoms with E-state index in [9.17, 15) is 0 Å². The number of nitrogens with one attached hydrogen (secondary N) is 1.